The fourth-order valence-electron chi connectivity index (χ4n) is 4.39. The molecule has 1 atom stereocenters. The second-order valence-electron chi connectivity index (χ2n) is 9.20. The second kappa shape index (κ2) is 12.5. The van der Waals surface area contributed by atoms with Gasteiger partial charge < -0.3 is 9.47 Å². The standard InChI is InChI=1S/C32H27N3O5S/c1-22(24-14-8-4-9-15-24)34-31(36)30(41-32(34)33-26-16-10-5-11-17-26)19-25-18-28(39-2)29(20-27(25)35(37)38)40-21-23-12-6-3-7-13-23/h3-20,22H,21H2,1-2H3/b30-19+,33-32?/t22-/m1/s1. The molecule has 0 saturated carbocycles. The van der Waals surface area contributed by atoms with Crippen molar-refractivity contribution in [3.8, 4) is 11.5 Å². The third-order valence-corrected chi connectivity index (χ3v) is 7.50. The smallest absolute Gasteiger partial charge is 0.280 e. The number of hydrogen-bond donors (Lipinski definition) is 0. The molecule has 1 saturated heterocycles. The van der Waals surface area contributed by atoms with E-state index in [-0.39, 0.29) is 35.6 Å². The molecule has 41 heavy (non-hydrogen) atoms. The molecule has 8 nitrogen and oxygen atoms in total. The maximum Gasteiger partial charge on any atom is 0.280 e. The number of carbonyl (C=O) groups excluding carboxylic acids is 1. The van der Waals surface area contributed by atoms with Gasteiger partial charge in [-0.2, -0.15) is 0 Å². The molecule has 4 aromatic carbocycles. The van der Waals surface area contributed by atoms with Crippen LogP contribution in [0.25, 0.3) is 6.08 Å². The Morgan fingerprint density at radius 2 is 1.59 bits per heavy atom. The zero-order chi connectivity index (χ0) is 28.8. The number of aliphatic imine (C=N–C) groups is 1. The predicted octanol–water partition coefficient (Wildman–Crippen LogP) is 7.55. The van der Waals surface area contributed by atoms with Crippen LogP contribution in [0.4, 0.5) is 11.4 Å². The van der Waals surface area contributed by atoms with Gasteiger partial charge in [-0.15, -0.1) is 0 Å². The zero-order valence-electron chi connectivity index (χ0n) is 22.5. The van der Waals surface area contributed by atoms with Crippen LogP contribution in [0.2, 0.25) is 0 Å². The van der Waals surface area contributed by atoms with Crippen molar-refractivity contribution in [2.45, 2.75) is 19.6 Å². The van der Waals surface area contributed by atoms with Crippen molar-refractivity contribution < 1.29 is 19.2 Å². The topological polar surface area (TPSA) is 94.3 Å². The summed E-state index contributed by atoms with van der Waals surface area (Å²) in [7, 11) is 1.47. The first kappa shape index (κ1) is 27.7. The number of amidine groups is 1. The van der Waals surface area contributed by atoms with Crippen molar-refractivity contribution in [3.63, 3.8) is 0 Å². The van der Waals surface area contributed by atoms with Crippen molar-refractivity contribution in [1.29, 1.82) is 0 Å². The molecule has 5 rings (SSSR count). The Labute approximate surface area is 242 Å². The van der Waals surface area contributed by atoms with Crippen LogP contribution >= 0.6 is 11.8 Å². The Kier molecular flexibility index (Phi) is 8.45. The Hall–Kier alpha value is -4.89. The highest BCUT2D eigenvalue weighted by Crippen LogP contribution is 2.42. The third kappa shape index (κ3) is 6.31. The molecule has 0 N–H and O–H groups in total. The van der Waals surface area contributed by atoms with Crippen LogP contribution in [-0.2, 0) is 11.4 Å². The predicted molar refractivity (Wildman–Crippen MR) is 161 cm³/mol. The van der Waals surface area contributed by atoms with Gasteiger partial charge in [-0.25, -0.2) is 4.99 Å². The van der Waals surface area contributed by atoms with Crippen molar-refractivity contribution in [3.05, 3.63) is 135 Å². The van der Waals surface area contributed by atoms with Crippen LogP contribution in [0, 0.1) is 10.1 Å². The van der Waals surface area contributed by atoms with Crippen LogP contribution < -0.4 is 9.47 Å². The molecule has 206 valence electrons. The van der Waals surface area contributed by atoms with Gasteiger partial charge in [0, 0.05) is 0 Å². The lowest BCUT2D eigenvalue weighted by molar-refractivity contribution is -0.385. The fraction of sp³-hybridized carbons (Fsp3) is 0.125. The number of benzene rings is 4. The molecule has 0 aromatic heterocycles. The molecular weight excluding hydrogens is 538 g/mol. The van der Waals surface area contributed by atoms with E-state index in [9.17, 15) is 14.9 Å². The number of nitro benzene ring substituents is 1. The van der Waals surface area contributed by atoms with Gasteiger partial charge in [0.25, 0.3) is 11.6 Å². The molecule has 0 aliphatic carbocycles. The summed E-state index contributed by atoms with van der Waals surface area (Å²) < 4.78 is 11.4. The van der Waals surface area contributed by atoms with E-state index in [1.54, 1.807) is 4.90 Å². The van der Waals surface area contributed by atoms with Crippen LogP contribution in [0.15, 0.2) is 113 Å². The Morgan fingerprint density at radius 1 is 0.951 bits per heavy atom. The number of rotatable bonds is 9. The Morgan fingerprint density at radius 3 is 2.22 bits per heavy atom. The molecule has 0 bridgehead atoms. The zero-order valence-corrected chi connectivity index (χ0v) is 23.3. The molecule has 1 aliphatic heterocycles. The molecular formula is C32H27N3O5S. The number of ether oxygens (including phenoxy) is 2. The van der Waals surface area contributed by atoms with E-state index in [2.05, 4.69) is 0 Å². The first-order chi connectivity index (χ1) is 19.9. The van der Waals surface area contributed by atoms with Crippen LogP contribution in [0.1, 0.15) is 29.7 Å². The van der Waals surface area contributed by atoms with Crippen molar-refractivity contribution in [2.75, 3.05) is 7.11 Å². The van der Waals surface area contributed by atoms with Gasteiger partial charge >= 0.3 is 0 Å². The summed E-state index contributed by atoms with van der Waals surface area (Å²) in [5.41, 5.74) is 2.57. The second-order valence-corrected chi connectivity index (χ2v) is 10.2. The minimum atomic E-state index is -0.491. The molecule has 1 fully saturated rings. The highest BCUT2D eigenvalue weighted by atomic mass is 32.2. The molecule has 0 spiro atoms. The average molecular weight is 566 g/mol. The fourth-order valence-corrected chi connectivity index (χ4v) is 5.45. The lowest BCUT2D eigenvalue weighted by Gasteiger charge is -2.24. The van der Waals surface area contributed by atoms with Crippen molar-refractivity contribution >= 4 is 40.3 Å². The molecule has 0 unspecified atom stereocenters. The van der Waals surface area contributed by atoms with E-state index in [0.29, 0.717) is 21.5 Å². The molecule has 4 aromatic rings. The number of nitro groups is 1. The molecule has 0 radical (unpaired) electrons. The lowest BCUT2D eigenvalue weighted by Crippen LogP contribution is -2.32. The number of thioether (sulfide) groups is 1. The number of amides is 1. The summed E-state index contributed by atoms with van der Waals surface area (Å²) in [5, 5.41) is 12.6. The molecule has 1 heterocycles. The van der Waals surface area contributed by atoms with Gasteiger partial charge in [0.1, 0.15) is 6.61 Å². The highest BCUT2D eigenvalue weighted by molar-refractivity contribution is 8.18. The van der Waals surface area contributed by atoms with E-state index in [4.69, 9.17) is 14.5 Å². The number of carbonyl (C=O) groups is 1. The minimum Gasteiger partial charge on any atom is -0.493 e. The third-order valence-electron chi connectivity index (χ3n) is 6.52. The monoisotopic (exact) mass is 565 g/mol. The summed E-state index contributed by atoms with van der Waals surface area (Å²) in [5.74, 6) is 0.265. The SMILES string of the molecule is COc1cc(/C=C2/SC(=Nc3ccccc3)N([C@H](C)c3ccccc3)C2=O)c([N+](=O)[O-])cc1OCc1ccccc1. The first-order valence-electron chi connectivity index (χ1n) is 12.9. The van der Waals surface area contributed by atoms with Gasteiger partial charge in [0.2, 0.25) is 0 Å². The quantitative estimate of drug-likeness (QED) is 0.118. The number of hydrogen-bond acceptors (Lipinski definition) is 7. The lowest BCUT2D eigenvalue weighted by atomic mass is 10.1. The van der Waals surface area contributed by atoms with E-state index < -0.39 is 4.92 Å². The van der Waals surface area contributed by atoms with E-state index in [1.165, 1.54) is 37.1 Å². The van der Waals surface area contributed by atoms with Crippen LogP contribution in [0.5, 0.6) is 11.5 Å². The number of nitrogens with zero attached hydrogens (tertiary/aromatic N) is 3. The maximum absolute atomic E-state index is 13.8. The molecule has 9 heteroatoms. The van der Waals surface area contributed by atoms with Crippen LogP contribution in [-0.4, -0.2) is 28.0 Å². The molecule has 1 amide bonds. The number of para-hydroxylation sites is 1. The highest BCUT2D eigenvalue weighted by Gasteiger charge is 2.38. The summed E-state index contributed by atoms with van der Waals surface area (Å²) in [6, 6.07) is 31.0. The summed E-state index contributed by atoms with van der Waals surface area (Å²) in [6.07, 6.45) is 1.52. The normalized spacial score (nSPS) is 15.8. The molecule has 1 aliphatic rings. The van der Waals surface area contributed by atoms with E-state index >= 15 is 0 Å². The van der Waals surface area contributed by atoms with Crippen LogP contribution in [0.3, 0.4) is 0 Å². The Bertz CT molecular complexity index is 1610. The van der Waals surface area contributed by atoms with Crippen molar-refractivity contribution in [1.82, 2.24) is 4.90 Å². The van der Waals surface area contributed by atoms with Gasteiger partial charge in [-0.1, -0.05) is 78.9 Å². The summed E-state index contributed by atoms with van der Waals surface area (Å²) in [4.78, 5) is 32.1. The van der Waals surface area contributed by atoms with E-state index in [1.807, 2.05) is 97.9 Å². The van der Waals surface area contributed by atoms with Gasteiger partial charge in [-0.3, -0.25) is 19.8 Å². The average Bonchev–Trinajstić information content (AvgIpc) is 3.30. The first-order valence-corrected chi connectivity index (χ1v) is 13.7. The van der Waals surface area contributed by atoms with Gasteiger partial charge in [0.15, 0.2) is 16.7 Å². The number of methoxy groups -OCH3 is 1. The van der Waals surface area contributed by atoms with E-state index in [0.717, 1.165) is 11.1 Å². The van der Waals surface area contributed by atoms with Gasteiger partial charge in [-0.05, 0) is 54.1 Å². The summed E-state index contributed by atoms with van der Waals surface area (Å²) >= 11 is 1.18. The minimum absolute atomic E-state index is 0.203. The largest absolute Gasteiger partial charge is 0.493 e. The Balaban J connectivity index is 1.53. The summed E-state index contributed by atoms with van der Waals surface area (Å²) in [6.45, 7) is 2.15. The maximum atomic E-state index is 13.8. The van der Waals surface area contributed by atoms with Crippen molar-refractivity contribution in [2.24, 2.45) is 4.99 Å². The van der Waals surface area contributed by atoms with Gasteiger partial charge in [0.05, 0.1) is 40.3 Å².